The van der Waals surface area contributed by atoms with Crippen molar-refractivity contribution in [1.82, 2.24) is 9.78 Å². The Kier molecular flexibility index (Phi) is 4.37. The first kappa shape index (κ1) is 14.1. The van der Waals surface area contributed by atoms with Crippen LogP contribution in [0.4, 0.5) is 0 Å². The third-order valence-electron chi connectivity index (χ3n) is 2.77. The van der Waals surface area contributed by atoms with Crippen molar-refractivity contribution >= 4 is 5.97 Å². The molecular formula is C14H16N2O4. The van der Waals surface area contributed by atoms with E-state index in [0.717, 1.165) is 11.4 Å². The van der Waals surface area contributed by atoms with Crippen LogP contribution in [-0.2, 0) is 11.3 Å². The minimum atomic E-state index is -1.02. The summed E-state index contributed by atoms with van der Waals surface area (Å²) in [5.41, 5.74) is 1.40. The number of methoxy groups -OCH3 is 1. The quantitative estimate of drug-likeness (QED) is 0.874. The zero-order valence-electron chi connectivity index (χ0n) is 11.4. The maximum atomic E-state index is 11.2. The van der Waals surface area contributed by atoms with Crippen molar-refractivity contribution in [3.8, 4) is 11.4 Å². The standard InChI is InChI=1S/C14H16N2O4/c1-3-20-11-6-4-10(5-7-11)16-13(9-19-2)12(8-15-16)14(17)18/h4-8H,3,9H2,1-2H3,(H,17,18). The second-order valence-electron chi connectivity index (χ2n) is 4.08. The Hall–Kier alpha value is -2.34. The van der Waals surface area contributed by atoms with Crippen LogP contribution in [-0.4, -0.2) is 34.6 Å². The fraction of sp³-hybridized carbons (Fsp3) is 0.286. The summed E-state index contributed by atoms with van der Waals surface area (Å²) in [6, 6.07) is 7.28. The number of carboxylic acid groups (broad SMARTS) is 1. The first-order chi connectivity index (χ1) is 9.67. The lowest BCUT2D eigenvalue weighted by Gasteiger charge is -2.09. The van der Waals surface area contributed by atoms with Gasteiger partial charge in [0.05, 0.1) is 30.8 Å². The average molecular weight is 276 g/mol. The summed E-state index contributed by atoms with van der Waals surface area (Å²) in [5, 5.41) is 13.3. The first-order valence-corrected chi connectivity index (χ1v) is 6.19. The lowest BCUT2D eigenvalue weighted by atomic mass is 10.2. The zero-order chi connectivity index (χ0) is 14.5. The van der Waals surface area contributed by atoms with Crippen LogP contribution in [0.25, 0.3) is 5.69 Å². The number of benzene rings is 1. The Labute approximate surface area is 116 Å². The molecule has 0 saturated carbocycles. The van der Waals surface area contributed by atoms with Crippen LogP contribution in [0.2, 0.25) is 0 Å². The lowest BCUT2D eigenvalue weighted by molar-refractivity contribution is 0.0691. The molecule has 106 valence electrons. The van der Waals surface area contributed by atoms with Gasteiger partial charge in [0.15, 0.2) is 0 Å². The summed E-state index contributed by atoms with van der Waals surface area (Å²) in [7, 11) is 1.52. The number of carbonyl (C=O) groups is 1. The van der Waals surface area contributed by atoms with E-state index in [1.807, 2.05) is 31.2 Å². The number of hydrogen-bond donors (Lipinski definition) is 1. The summed E-state index contributed by atoms with van der Waals surface area (Å²) in [6.45, 7) is 2.69. The topological polar surface area (TPSA) is 73.6 Å². The SMILES string of the molecule is CCOc1ccc(-n2ncc(C(=O)O)c2COC)cc1. The van der Waals surface area contributed by atoms with E-state index >= 15 is 0 Å². The predicted octanol–water partition coefficient (Wildman–Crippen LogP) is 2.12. The van der Waals surface area contributed by atoms with Gasteiger partial charge in [0.25, 0.3) is 0 Å². The summed E-state index contributed by atoms with van der Waals surface area (Å²) < 4.78 is 12.0. The van der Waals surface area contributed by atoms with Crippen LogP contribution in [0.3, 0.4) is 0 Å². The minimum absolute atomic E-state index is 0.140. The van der Waals surface area contributed by atoms with Gasteiger partial charge < -0.3 is 14.6 Å². The maximum Gasteiger partial charge on any atom is 0.339 e. The van der Waals surface area contributed by atoms with E-state index in [0.29, 0.717) is 12.3 Å². The number of carboxylic acids is 1. The molecule has 20 heavy (non-hydrogen) atoms. The maximum absolute atomic E-state index is 11.2. The molecule has 0 aliphatic carbocycles. The fourth-order valence-corrected chi connectivity index (χ4v) is 1.90. The van der Waals surface area contributed by atoms with E-state index in [2.05, 4.69) is 5.10 Å². The van der Waals surface area contributed by atoms with Crippen LogP contribution in [0.1, 0.15) is 23.0 Å². The van der Waals surface area contributed by atoms with Gasteiger partial charge in [-0.2, -0.15) is 5.10 Å². The number of aromatic carboxylic acids is 1. The van der Waals surface area contributed by atoms with E-state index in [1.165, 1.54) is 13.3 Å². The molecule has 0 atom stereocenters. The van der Waals surface area contributed by atoms with Gasteiger partial charge in [0, 0.05) is 7.11 Å². The molecule has 1 heterocycles. The minimum Gasteiger partial charge on any atom is -0.494 e. The van der Waals surface area contributed by atoms with Gasteiger partial charge in [-0.25, -0.2) is 9.48 Å². The third kappa shape index (κ3) is 2.80. The van der Waals surface area contributed by atoms with E-state index in [9.17, 15) is 4.79 Å². The molecule has 2 aromatic rings. The third-order valence-corrected chi connectivity index (χ3v) is 2.77. The van der Waals surface area contributed by atoms with Crippen molar-refractivity contribution in [1.29, 1.82) is 0 Å². The predicted molar refractivity (Wildman–Crippen MR) is 72.4 cm³/mol. The highest BCUT2D eigenvalue weighted by atomic mass is 16.5. The van der Waals surface area contributed by atoms with Gasteiger partial charge in [-0.05, 0) is 31.2 Å². The molecule has 1 aromatic heterocycles. The Morgan fingerprint density at radius 3 is 2.60 bits per heavy atom. The molecule has 6 heteroatoms. The molecule has 0 unspecified atom stereocenters. The van der Waals surface area contributed by atoms with Gasteiger partial charge in [0.2, 0.25) is 0 Å². The van der Waals surface area contributed by atoms with Gasteiger partial charge >= 0.3 is 5.97 Å². The van der Waals surface area contributed by atoms with Crippen molar-refractivity contribution < 1.29 is 19.4 Å². The summed E-state index contributed by atoms with van der Waals surface area (Å²) in [4.78, 5) is 11.2. The normalized spacial score (nSPS) is 10.5. The molecule has 1 aromatic carbocycles. The molecule has 0 spiro atoms. The number of aromatic nitrogens is 2. The molecule has 0 bridgehead atoms. The number of ether oxygens (including phenoxy) is 2. The molecule has 0 aliphatic rings. The largest absolute Gasteiger partial charge is 0.494 e. The fourth-order valence-electron chi connectivity index (χ4n) is 1.90. The molecule has 0 amide bonds. The van der Waals surface area contributed by atoms with Crippen LogP contribution < -0.4 is 4.74 Å². The Morgan fingerprint density at radius 2 is 2.05 bits per heavy atom. The van der Waals surface area contributed by atoms with E-state index in [4.69, 9.17) is 14.6 Å². The Balaban J connectivity index is 2.38. The first-order valence-electron chi connectivity index (χ1n) is 6.19. The number of nitrogens with zero attached hydrogens (tertiary/aromatic N) is 2. The molecule has 0 radical (unpaired) electrons. The molecule has 1 N–H and O–H groups in total. The van der Waals surface area contributed by atoms with Crippen LogP contribution in [0.5, 0.6) is 5.75 Å². The molecule has 2 rings (SSSR count). The summed E-state index contributed by atoms with van der Waals surface area (Å²) in [6.07, 6.45) is 1.33. The number of hydrogen-bond acceptors (Lipinski definition) is 4. The molecule has 0 fully saturated rings. The molecule has 0 aliphatic heterocycles. The van der Waals surface area contributed by atoms with Crippen LogP contribution in [0, 0.1) is 0 Å². The summed E-state index contributed by atoms with van der Waals surface area (Å²) >= 11 is 0. The smallest absolute Gasteiger partial charge is 0.339 e. The number of rotatable bonds is 6. The second-order valence-corrected chi connectivity index (χ2v) is 4.08. The van der Waals surface area contributed by atoms with Crippen LogP contribution >= 0.6 is 0 Å². The highest BCUT2D eigenvalue weighted by Gasteiger charge is 2.17. The molecule has 6 nitrogen and oxygen atoms in total. The highest BCUT2D eigenvalue weighted by molar-refractivity contribution is 5.88. The van der Waals surface area contributed by atoms with Gasteiger partial charge in [0.1, 0.15) is 11.3 Å². The van der Waals surface area contributed by atoms with Gasteiger partial charge in [-0.3, -0.25) is 0 Å². The Bertz CT molecular complexity index is 590. The zero-order valence-corrected chi connectivity index (χ0v) is 11.4. The van der Waals surface area contributed by atoms with Crippen molar-refractivity contribution in [2.75, 3.05) is 13.7 Å². The Morgan fingerprint density at radius 1 is 1.35 bits per heavy atom. The average Bonchev–Trinajstić information content (AvgIpc) is 2.84. The van der Waals surface area contributed by atoms with Crippen molar-refractivity contribution in [3.63, 3.8) is 0 Å². The van der Waals surface area contributed by atoms with Crippen molar-refractivity contribution in [2.45, 2.75) is 13.5 Å². The van der Waals surface area contributed by atoms with E-state index in [1.54, 1.807) is 4.68 Å². The van der Waals surface area contributed by atoms with Crippen molar-refractivity contribution in [3.05, 3.63) is 41.7 Å². The monoisotopic (exact) mass is 276 g/mol. The van der Waals surface area contributed by atoms with E-state index in [-0.39, 0.29) is 12.2 Å². The molecular weight excluding hydrogens is 260 g/mol. The van der Waals surface area contributed by atoms with Gasteiger partial charge in [-0.15, -0.1) is 0 Å². The van der Waals surface area contributed by atoms with Crippen molar-refractivity contribution in [2.24, 2.45) is 0 Å². The summed E-state index contributed by atoms with van der Waals surface area (Å²) in [5.74, 6) is -0.260. The highest BCUT2D eigenvalue weighted by Crippen LogP contribution is 2.19. The second kappa shape index (κ2) is 6.21. The van der Waals surface area contributed by atoms with E-state index < -0.39 is 5.97 Å². The molecule has 0 saturated heterocycles. The van der Waals surface area contributed by atoms with Gasteiger partial charge in [-0.1, -0.05) is 0 Å². The lowest BCUT2D eigenvalue weighted by Crippen LogP contribution is -2.07. The van der Waals surface area contributed by atoms with Crippen LogP contribution in [0.15, 0.2) is 30.5 Å².